The number of hydrogen-bond donors (Lipinski definition) is 0. The lowest BCUT2D eigenvalue weighted by atomic mass is 9.96. The number of alkyl halides is 2. The molecule has 0 heterocycles. The molecule has 0 saturated heterocycles. The highest BCUT2D eigenvalue weighted by atomic mass is 19.3. The van der Waals surface area contributed by atoms with E-state index in [0.717, 1.165) is 6.08 Å². The molecule has 2 aromatic rings. The number of hydrogen-bond acceptors (Lipinski definition) is 4. The summed E-state index contributed by atoms with van der Waals surface area (Å²) in [5.74, 6) is -2.61. The Balaban J connectivity index is 2.38. The minimum atomic E-state index is -3.43. The third-order valence-electron chi connectivity index (χ3n) is 3.83. The standard InChI is InChI=1S/C20H17F2NO3/c1-25-18-8-7-14(10-19(18)26-2)9-17(12-23)20(21,22)11-15-5-3-4-6-16(15)13-24/h3-10,13H,11H2,1-2H3/b17-9+. The molecule has 134 valence electrons. The van der Waals surface area contributed by atoms with Gasteiger partial charge in [0.1, 0.15) is 12.4 Å². The minimum absolute atomic E-state index is 0.176. The van der Waals surface area contributed by atoms with Crippen LogP contribution in [0.5, 0.6) is 11.5 Å². The molecular formula is C20H17F2NO3. The second kappa shape index (κ2) is 8.26. The maximum absolute atomic E-state index is 14.6. The fourth-order valence-corrected chi connectivity index (χ4v) is 2.47. The Hall–Kier alpha value is -3.20. The first kappa shape index (κ1) is 19.1. The summed E-state index contributed by atoms with van der Waals surface area (Å²) in [5.41, 5.74) is 0.0320. The van der Waals surface area contributed by atoms with Gasteiger partial charge in [-0.2, -0.15) is 5.26 Å². The second-order valence-electron chi connectivity index (χ2n) is 5.48. The molecule has 0 atom stereocenters. The summed E-state index contributed by atoms with van der Waals surface area (Å²) in [6, 6.07) is 12.3. The van der Waals surface area contributed by atoms with E-state index in [1.807, 2.05) is 0 Å². The summed E-state index contributed by atoms with van der Waals surface area (Å²) in [6.45, 7) is 0. The summed E-state index contributed by atoms with van der Waals surface area (Å²) in [7, 11) is 2.90. The smallest absolute Gasteiger partial charge is 0.286 e. The van der Waals surface area contributed by atoms with Gasteiger partial charge in [0.25, 0.3) is 5.92 Å². The molecule has 26 heavy (non-hydrogen) atoms. The highest BCUT2D eigenvalue weighted by Gasteiger charge is 2.35. The molecule has 0 radical (unpaired) electrons. The van der Waals surface area contributed by atoms with Crippen LogP contribution < -0.4 is 9.47 Å². The lowest BCUT2D eigenvalue weighted by Gasteiger charge is -2.17. The summed E-state index contributed by atoms with van der Waals surface area (Å²) in [6.07, 6.45) is 0.885. The van der Waals surface area contributed by atoms with Crippen LogP contribution in [0.1, 0.15) is 21.5 Å². The number of halogens is 2. The molecule has 0 aliphatic carbocycles. The van der Waals surface area contributed by atoms with Crippen molar-refractivity contribution < 1.29 is 23.0 Å². The largest absolute Gasteiger partial charge is 0.493 e. The van der Waals surface area contributed by atoms with Gasteiger partial charge in [-0.05, 0) is 29.3 Å². The van der Waals surface area contributed by atoms with E-state index in [-0.39, 0.29) is 11.1 Å². The van der Waals surface area contributed by atoms with Gasteiger partial charge in [-0.25, -0.2) is 8.78 Å². The van der Waals surface area contributed by atoms with Gasteiger partial charge in [-0.1, -0.05) is 30.3 Å². The average Bonchev–Trinajstić information content (AvgIpc) is 2.65. The van der Waals surface area contributed by atoms with E-state index in [0.29, 0.717) is 23.3 Å². The van der Waals surface area contributed by atoms with E-state index in [9.17, 15) is 18.8 Å². The third-order valence-corrected chi connectivity index (χ3v) is 3.83. The Morgan fingerprint density at radius 2 is 1.85 bits per heavy atom. The number of benzene rings is 2. The van der Waals surface area contributed by atoms with Gasteiger partial charge in [0.15, 0.2) is 11.5 Å². The first-order chi connectivity index (χ1) is 12.4. The Kier molecular flexibility index (Phi) is 6.07. The normalized spacial score (nSPS) is 11.6. The first-order valence-electron chi connectivity index (χ1n) is 7.70. The monoisotopic (exact) mass is 357 g/mol. The lowest BCUT2D eigenvalue weighted by molar-refractivity contribution is 0.0480. The number of allylic oxidation sites excluding steroid dienone is 1. The van der Waals surface area contributed by atoms with Crippen LogP contribution in [0.4, 0.5) is 8.78 Å². The zero-order chi connectivity index (χ0) is 19.2. The van der Waals surface area contributed by atoms with Crippen LogP contribution in [0.2, 0.25) is 0 Å². The zero-order valence-electron chi connectivity index (χ0n) is 14.3. The van der Waals surface area contributed by atoms with Gasteiger partial charge in [0.2, 0.25) is 0 Å². The van der Waals surface area contributed by atoms with E-state index >= 15 is 0 Å². The van der Waals surface area contributed by atoms with E-state index < -0.39 is 17.9 Å². The van der Waals surface area contributed by atoms with Crippen LogP contribution in [0.25, 0.3) is 6.08 Å². The number of aldehydes is 1. The van der Waals surface area contributed by atoms with Crippen LogP contribution in [-0.4, -0.2) is 26.4 Å². The molecule has 0 bridgehead atoms. The Bertz CT molecular complexity index is 870. The Labute approximate surface area is 150 Å². The quantitative estimate of drug-likeness (QED) is 0.547. The lowest BCUT2D eigenvalue weighted by Crippen LogP contribution is -2.22. The number of ether oxygens (including phenoxy) is 2. The molecule has 0 spiro atoms. The van der Waals surface area contributed by atoms with Crippen molar-refractivity contribution in [1.29, 1.82) is 5.26 Å². The molecule has 6 heteroatoms. The highest BCUT2D eigenvalue weighted by molar-refractivity contribution is 5.77. The number of carbonyl (C=O) groups excluding carboxylic acids is 1. The number of nitriles is 1. The molecular weight excluding hydrogens is 340 g/mol. The first-order valence-corrected chi connectivity index (χ1v) is 7.70. The topological polar surface area (TPSA) is 59.3 Å². The summed E-state index contributed by atoms with van der Waals surface area (Å²) in [5, 5.41) is 9.23. The molecule has 0 aromatic heterocycles. The maximum Gasteiger partial charge on any atom is 0.286 e. The molecule has 4 nitrogen and oxygen atoms in total. The molecule has 0 unspecified atom stereocenters. The highest BCUT2D eigenvalue weighted by Crippen LogP contribution is 2.33. The molecule has 0 fully saturated rings. The predicted octanol–water partition coefficient (Wildman–Crippen LogP) is 4.30. The predicted molar refractivity (Wildman–Crippen MR) is 93.6 cm³/mol. The van der Waals surface area contributed by atoms with Gasteiger partial charge < -0.3 is 9.47 Å². The molecule has 0 aliphatic heterocycles. The molecule has 0 amide bonds. The van der Waals surface area contributed by atoms with Crippen LogP contribution in [0.3, 0.4) is 0 Å². The molecule has 2 aromatic carbocycles. The van der Waals surface area contributed by atoms with Gasteiger partial charge in [0, 0.05) is 12.0 Å². The van der Waals surface area contributed by atoms with E-state index in [4.69, 9.17) is 9.47 Å². The molecule has 0 N–H and O–H groups in total. The van der Waals surface area contributed by atoms with Crippen molar-refractivity contribution in [2.75, 3.05) is 14.2 Å². The van der Waals surface area contributed by atoms with Crippen molar-refractivity contribution in [3.05, 3.63) is 64.7 Å². The molecule has 0 aliphatic rings. The van der Waals surface area contributed by atoms with Crippen molar-refractivity contribution in [2.45, 2.75) is 12.3 Å². The van der Waals surface area contributed by atoms with Gasteiger partial charge in [0.05, 0.1) is 19.8 Å². The van der Waals surface area contributed by atoms with Crippen LogP contribution in [0.15, 0.2) is 48.0 Å². The zero-order valence-corrected chi connectivity index (χ0v) is 14.3. The number of carbonyl (C=O) groups is 1. The summed E-state index contributed by atoms with van der Waals surface area (Å²) >= 11 is 0. The third kappa shape index (κ3) is 4.25. The van der Waals surface area contributed by atoms with Crippen molar-refractivity contribution in [1.82, 2.24) is 0 Å². The average molecular weight is 357 g/mol. The Morgan fingerprint density at radius 1 is 1.15 bits per heavy atom. The minimum Gasteiger partial charge on any atom is -0.493 e. The van der Waals surface area contributed by atoms with Gasteiger partial charge in [-0.3, -0.25) is 4.79 Å². The Morgan fingerprint density at radius 3 is 2.46 bits per heavy atom. The van der Waals surface area contributed by atoms with Gasteiger partial charge in [-0.15, -0.1) is 0 Å². The number of nitrogens with zero attached hydrogens (tertiary/aromatic N) is 1. The van der Waals surface area contributed by atoms with E-state index in [1.54, 1.807) is 30.3 Å². The van der Waals surface area contributed by atoms with Crippen molar-refractivity contribution in [2.24, 2.45) is 0 Å². The van der Waals surface area contributed by atoms with Crippen LogP contribution in [0, 0.1) is 11.3 Å². The van der Waals surface area contributed by atoms with Crippen molar-refractivity contribution >= 4 is 12.4 Å². The summed E-state index contributed by atoms with van der Waals surface area (Å²) < 4.78 is 39.5. The van der Waals surface area contributed by atoms with Crippen LogP contribution in [-0.2, 0) is 6.42 Å². The second-order valence-corrected chi connectivity index (χ2v) is 5.48. The fraction of sp³-hybridized carbons (Fsp3) is 0.200. The molecule has 0 saturated carbocycles. The van der Waals surface area contributed by atoms with E-state index in [1.165, 1.54) is 32.4 Å². The van der Waals surface area contributed by atoms with Crippen LogP contribution >= 0.6 is 0 Å². The van der Waals surface area contributed by atoms with Crippen molar-refractivity contribution in [3.8, 4) is 17.6 Å². The summed E-state index contributed by atoms with van der Waals surface area (Å²) in [4.78, 5) is 11.0. The molecule has 2 rings (SSSR count). The van der Waals surface area contributed by atoms with Crippen molar-refractivity contribution in [3.63, 3.8) is 0 Å². The fourth-order valence-electron chi connectivity index (χ4n) is 2.47. The maximum atomic E-state index is 14.6. The number of rotatable bonds is 7. The van der Waals surface area contributed by atoms with Gasteiger partial charge >= 0.3 is 0 Å². The van der Waals surface area contributed by atoms with E-state index in [2.05, 4.69) is 0 Å². The SMILES string of the molecule is COc1ccc(/C=C(\C#N)C(F)(F)Cc2ccccc2C=O)cc1OC. The number of methoxy groups -OCH3 is 2.